The van der Waals surface area contributed by atoms with Crippen molar-refractivity contribution in [3.8, 4) is 0 Å². The highest BCUT2D eigenvalue weighted by atomic mass is 32.2. The third-order valence-corrected chi connectivity index (χ3v) is 4.34. The number of hydrogen-bond donors (Lipinski definition) is 1. The molecule has 0 bridgehead atoms. The summed E-state index contributed by atoms with van der Waals surface area (Å²) in [4.78, 5) is 0. The molecule has 2 N–H and O–H groups in total. The van der Waals surface area contributed by atoms with Gasteiger partial charge in [0.05, 0.1) is 5.56 Å². The first-order valence-electron chi connectivity index (χ1n) is 5.47. The zero-order valence-electron chi connectivity index (χ0n) is 9.20. The lowest BCUT2D eigenvalue weighted by atomic mass is 9.92. The van der Waals surface area contributed by atoms with Gasteiger partial charge in [0.25, 0.3) is 0 Å². The summed E-state index contributed by atoms with van der Waals surface area (Å²) < 4.78 is 38.3. The molecular formula is C12H14F3NS. The Kier molecular flexibility index (Phi) is 3.68. The molecule has 0 aromatic heterocycles. The van der Waals surface area contributed by atoms with Gasteiger partial charge in [0, 0.05) is 11.8 Å². The van der Waals surface area contributed by atoms with E-state index in [1.807, 2.05) is 0 Å². The molecule has 2 rings (SSSR count). The average Bonchev–Trinajstić information content (AvgIpc) is 2.64. The van der Waals surface area contributed by atoms with E-state index in [4.69, 9.17) is 5.73 Å². The Morgan fingerprint density at radius 3 is 2.53 bits per heavy atom. The lowest BCUT2D eigenvalue weighted by Gasteiger charge is -2.18. The molecule has 1 nitrogen and oxygen atoms in total. The van der Waals surface area contributed by atoms with Crippen molar-refractivity contribution in [3.05, 3.63) is 35.4 Å². The third kappa shape index (κ3) is 2.96. The Morgan fingerprint density at radius 1 is 1.24 bits per heavy atom. The number of hydrogen-bond acceptors (Lipinski definition) is 2. The van der Waals surface area contributed by atoms with Crippen molar-refractivity contribution >= 4 is 11.8 Å². The van der Waals surface area contributed by atoms with Gasteiger partial charge in [-0.2, -0.15) is 24.9 Å². The zero-order chi connectivity index (χ0) is 12.5. The number of thioether (sulfide) groups is 1. The van der Waals surface area contributed by atoms with Gasteiger partial charge in [-0.25, -0.2) is 0 Å². The molecule has 0 saturated carbocycles. The van der Waals surface area contributed by atoms with Gasteiger partial charge in [-0.05, 0) is 29.7 Å². The molecule has 5 heteroatoms. The highest BCUT2D eigenvalue weighted by molar-refractivity contribution is 7.99. The van der Waals surface area contributed by atoms with Gasteiger partial charge in [0.15, 0.2) is 0 Å². The Bertz CT molecular complexity index is 392. The van der Waals surface area contributed by atoms with Crippen molar-refractivity contribution in [1.29, 1.82) is 0 Å². The van der Waals surface area contributed by atoms with Crippen LogP contribution in [0.25, 0.3) is 0 Å². The molecule has 0 radical (unpaired) electrons. The van der Waals surface area contributed by atoms with Crippen molar-refractivity contribution in [2.75, 3.05) is 11.5 Å². The molecule has 2 atom stereocenters. The fourth-order valence-electron chi connectivity index (χ4n) is 2.08. The molecule has 1 heterocycles. The summed E-state index contributed by atoms with van der Waals surface area (Å²) >= 11 is 1.72. The maximum atomic E-state index is 12.8. The molecule has 1 aliphatic rings. The first-order valence-corrected chi connectivity index (χ1v) is 6.62. The van der Waals surface area contributed by atoms with E-state index in [9.17, 15) is 13.2 Å². The molecule has 1 saturated heterocycles. The fourth-order valence-corrected chi connectivity index (χ4v) is 3.43. The lowest BCUT2D eigenvalue weighted by molar-refractivity contribution is -0.138. The van der Waals surface area contributed by atoms with Crippen molar-refractivity contribution in [2.24, 2.45) is 11.7 Å². The minimum Gasteiger partial charge on any atom is -0.327 e. The molecule has 0 spiro atoms. The molecule has 2 unspecified atom stereocenters. The SMILES string of the molecule is NC1CSCC1Cc1ccccc1C(F)(F)F. The number of benzene rings is 1. The predicted octanol–water partition coefficient (Wildman–Crippen LogP) is 2.94. The summed E-state index contributed by atoms with van der Waals surface area (Å²) in [6.45, 7) is 0. The summed E-state index contributed by atoms with van der Waals surface area (Å²) in [5, 5.41) is 0. The van der Waals surface area contributed by atoms with Gasteiger partial charge in [0.2, 0.25) is 0 Å². The Hall–Kier alpha value is -0.680. The molecule has 1 aromatic carbocycles. The van der Waals surface area contributed by atoms with Crippen LogP contribution in [0.4, 0.5) is 13.2 Å². The van der Waals surface area contributed by atoms with Crippen LogP contribution in [-0.4, -0.2) is 17.5 Å². The molecule has 1 aliphatic heterocycles. The molecule has 0 amide bonds. The maximum absolute atomic E-state index is 12.8. The number of nitrogens with two attached hydrogens (primary N) is 1. The lowest BCUT2D eigenvalue weighted by Crippen LogP contribution is -2.30. The molecule has 1 aromatic rings. The van der Waals surface area contributed by atoms with E-state index < -0.39 is 11.7 Å². The summed E-state index contributed by atoms with van der Waals surface area (Å²) in [5.41, 5.74) is 5.72. The first-order chi connectivity index (χ1) is 7.98. The van der Waals surface area contributed by atoms with Crippen molar-refractivity contribution in [1.82, 2.24) is 0 Å². The van der Waals surface area contributed by atoms with E-state index >= 15 is 0 Å². The van der Waals surface area contributed by atoms with Crippen molar-refractivity contribution in [2.45, 2.75) is 18.6 Å². The second-order valence-corrected chi connectivity index (χ2v) is 5.40. The van der Waals surface area contributed by atoms with Crippen LogP contribution in [-0.2, 0) is 12.6 Å². The molecular weight excluding hydrogens is 247 g/mol. The van der Waals surface area contributed by atoms with Gasteiger partial charge in [0.1, 0.15) is 0 Å². The predicted molar refractivity (Wildman–Crippen MR) is 63.9 cm³/mol. The van der Waals surface area contributed by atoms with Crippen LogP contribution in [0.5, 0.6) is 0 Å². The highest BCUT2D eigenvalue weighted by Crippen LogP contribution is 2.34. The average molecular weight is 261 g/mol. The van der Waals surface area contributed by atoms with E-state index in [1.54, 1.807) is 23.9 Å². The minimum absolute atomic E-state index is 0.0151. The summed E-state index contributed by atoms with van der Waals surface area (Å²) in [5.74, 6) is 1.86. The Labute approximate surface area is 103 Å². The smallest absolute Gasteiger partial charge is 0.327 e. The maximum Gasteiger partial charge on any atom is 0.416 e. The second kappa shape index (κ2) is 4.90. The Morgan fingerprint density at radius 2 is 1.94 bits per heavy atom. The third-order valence-electron chi connectivity index (χ3n) is 3.05. The van der Waals surface area contributed by atoms with E-state index in [0.29, 0.717) is 12.0 Å². The Balaban J connectivity index is 2.21. The van der Waals surface area contributed by atoms with Crippen LogP contribution >= 0.6 is 11.8 Å². The number of alkyl halides is 3. The van der Waals surface area contributed by atoms with Gasteiger partial charge in [-0.15, -0.1) is 0 Å². The van der Waals surface area contributed by atoms with Crippen LogP contribution < -0.4 is 5.73 Å². The topological polar surface area (TPSA) is 26.0 Å². The van der Waals surface area contributed by atoms with Crippen molar-refractivity contribution < 1.29 is 13.2 Å². The van der Waals surface area contributed by atoms with E-state index in [2.05, 4.69) is 0 Å². The standard InChI is InChI=1S/C12H14F3NS/c13-12(14,15)10-4-2-1-3-8(10)5-9-6-17-7-11(9)16/h1-4,9,11H,5-7,16H2. The monoisotopic (exact) mass is 261 g/mol. The largest absolute Gasteiger partial charge is 0.416 e. The van der Waals surface area contributed by atoms with Crippen molar-refractivity contribution in [3.63, 3.8) is 0 Å². The molecule has 1 fully saturated rings. The summed E-state index contributed by atoms with van der Waals surface area (Å²) in [7, 11) is 0. The highest BCUT2D eigenvalue weighted by Gasteiger charge is 2.34. The molecule has 94 valence electrons. The van der Waals surface area contributed by atoms with E-state index in [0.717, 1.165) is 17.6 Å². The normalized spacial score (nSPS) is 25.2. The number of rotatable bonds is 2. The molecule has 17 heavy (non-hydrogen) atoms. The quantitative estimate of drug-likeness (QED) is 0.885. The van der Waals surface area contributed by atoms with Crippen LogP contribution in [0.1, 0.15) is 11.1 Å². The summed E-state index contributed by atoms with van der Waals surface area (Å²) in [6.07, 6.45) is -3.85. The minimum atomic E-state index is -4.27. The summed E-state index contributed by atoms with van der Waals surface area (Å²) in [6, 6.07) is 5.79. The first kappa shape index (κ1) is 12.8. The van der Waals surface area contributed by atoms with Crippen LogP contribution in [0.2, 0.25) is 0 Å². The van der Waals surface area contributed by atoms with E-state index in [1.165, 1.54) is 6.07 Å². The van der Waals surface area contributed by atoms with Crippen LogP contribution in [0.3, 0.4) is 0 Å². The fraction of sp³-hybridized carbons (Fsp3) is 0.500. The zero-order valence-corrected chi connectivity index (χ0v) is 10.0. The van der Waals surface area contributed by atoms with Crippen LogP contribution in [0, 0.1) is 5.92 Å². The van der Waals surface area contributed by atoms with Gasteiger partial charge < -0.3 is 5.73 Å². The van der Waals surface area contributed by atoms with Crippen LogP contribution in [0.15, 0.2) is 24.3 Å². The number of halogens is 3. The molecule has 0 aliphatic carbocycles. The van der Waals surface area contributed by atoms with Gasteiger partial charge in [-0.1, -0.05) is 18.2 Å². The van der Waals surface area contributed by atoms with Gasteiger partial charge in [-0.3, -0.25) is 0 Å². The second-order valence-electron chi connectivity index (χ2n) is 4.32. The van der Waals surface area contributed by atoms with E-state index in [-0.39, 0.29) is 12.0 Å². The van der Waals surface area contributed by atoms with Gasteiger partial charge >= 0.3 is 6.18 Å².